The van der Waals surface area contributed by atoms with Gasteiger partial charge in [-0.3, -0.25) is 4.98 Å². The molecule has 0 saturated heterocycles. The topological polar surface area (TPSA) is 59.0 Å². The Hall–Kier alpha value is -3.85. The van der Waals surface area contributed by atoms with Gasteiger partial charge >= 0.3 is 20.1 Å². The molecule has 0 saturated carbocycles. The zero-order valence-corrected chi connectivity index (χ0v) is 22.6. The van der Waals surface area contributed by atoms with Crippen LogP contribution in [0, 0.1) is 6.07 Å². The van der Waals surface area contributed by atoms with Crippen molar-refractivity contribution in [3.05, 3.63) is 138 Å². The second-order valence-corrected chi connectivity index (χ2v) is 8.26. The minimum absolute atomic E-state index is 0. The molecule has 0 spiro atoms. The van der Waals surface area contributed by atoms with Crippen molar-refractivity contribution in [2.45, 2.75) is 13.8 Å². The summed E-state index contributed by atoms with van der Waals surface area (Å²) < 4.78 is 0. The molecular weight excluding hydrogens is 619 g/mol. The summed E-state index contributed by atoms with van der Waals surface area (Å²) in [5.74, 6) is 0. The van der Waals surface area contributed by atoms with E-state index in [1.165, 1.54) is 35.3 Å². The van der Waals surface area contributed by atoms with Crippen LogP contribution in [0.2, 0.25) is 0 Å². The van der Waals surface area contributed by atoms with Crippen molar-refractivity contribution >= 4 is 16.6 Å². The van der Waals surface area contributed by atoms with Crippen LogP contribution in [0.15, 0.2) is 121 Å². The number of hydrogen-bond acceptors (Lipinski definition) is 1. The van der Waals surface area contributed by atoms with Gasteiger partial charge in [-0.05, 0) is 40.1 Å². The van der Waals surface area contributed by atoms with Crippen molar-refractivity contribution in [3.8, 4) is 33.5 Å². The Kier molecular flexibility index (Phi) is 9.46. The number of pyridine rings is 1. The largest absolute Gasteiger partial charge is 3.00 e. The first-order valence-corrected chi connectivity index (χ1v) is 11.5. The summed E-state index contributed by atoms with van der Waals surface area (Å²) in [5.41, 5.74) is 15.1. The SMILES string of the molecule is CC(=[N-])/C=C(/C)[NH-].[Ir+3].[c-]1ccccc1-c1cc(-c2ccccc2)c2cc(-c3ccccc3)ccc2n1. The monoisotopic (exact) mass is 645 g/mol. The summed E-state index contributed by atoms with van der Waals surface area (Å²) in [5, 5.41) is 9.60. The number of hydrogen-bond donors (Lipinski definition) is 0. The average Bonchev–Trinajstić information content (AvgIpc) is 2.89. The summed E-state index contributed by atoms with van der Waals surface area (Å²) >= 11 is 0. The van der Waals surface area contributed by atoms with Gasteiger partial charge in [-0.2, -0.15) is 11.4 Å². The van der Waals surface area contributed by atoms with Crippen molar-refractivity contribution in [2.24, 2.45) is 0 Å². The molecule has 5 rings (SSSR count). The van der Waals surface area contributed by atoms with Crippen LogP contribution in [-0.2, 0) is 20.1 Å². The maximum Gasteiger partial charge on any atom is 3.00 e. The summed E-state index contributed by atoms with van der Waals surface area (Å²) in [7, 11) is 0. The van der Waals surface area contributed by atoms with Crippen LogP contribution in [-0.4, -0.2) is 10.7 Å². The first-order chi connectivity index (χ1) is 17.0. The minimum Gasteiger partial charge on any atom is -0.808 e. The molecule has 0 fully saturated rings. The summed E-state index contributed by atoms with van der Waals surface area (Å²) in [6.07, 6.45) is 1.39. The Balaban J connectivity index is 0.000000400. The molecule has 4 heteroatoms. The Bertz CT molecular complexity index is 1460. The molecule has 0 aliphatic rings. The van der Waals surface area contributed by atoms with Crippen molar-refractivity contribution in [3.63, 3.8) is 0 Å². The number of benzene rings is 4. The van der Waals surface area contributed by atoms with Crippen LogP contribution in [0.5, 0.6) is 0 Å². The van der Waals surface area contributed by atoms with Gasteiger partial charge in [0.05, 0.1) is 5.52 Å². The number of aromatic nitrogens is 1. The average molecular weight is 645 g/mol. The van der Waals surface area contributed by atoms with Crippen molar-refractivity contribution in [2.75, 3.05) is 0 Å². The Morgan fingerprint density at radius 3 is 1.97 bits per heavy atom. The van der Waals surface area contributed by atoms with E-state index in [0.29, 0.717) is 5.70 Å². The third-order valence-electron chi connectivity index (χ3n) is 5.41. The van der Waals surface area contributed by atoms with E-state index in [0.717, 1.165) is 22.2 Å². The Morgan fingerprint density at radius 1 is 0.778 bits per heavy atom. The van der Waals surface area contributed by atoms with Gasteiger partial charge in [0.15, 0.2) is 0 Å². The van der Waals surface area contributed by atoms with Gasteiger partial charge in [-0.25, -0.2) is 0 Å². The molecule has 1 aromatic heterocycles. The molecule has 36 heavy (non-hydrogen) atoms. The fourth-order valence-corrected chi connectivity index (χ4v) is 3.90. The Morgan fingerprint density at radius 2 is 1.42 bits per heavy atom. The molecule has 0 aliphatic carbocycles. The van der Waals surface area contributed by atoms with E-state index in [2.05, 4.69) is 84.9 Å². The molecule has 5 aromatic rings. The van der Waals surface area contributed by atoms with Crippen LogP contribution in [0.25, 0.3) is 55.6 Å². The smallest absolute Gasteiger partial charge is 0.808 e. The minimum atomic E-state index is 0. The van der Waals surface area contributed by atoms with E-state index in [1.54, 1.807) is 6.92 Å². The Labute approximate surface area is 226 Å². The number of allylic oxidation sites excluding steroid dienone is 2. The normalized spacial score (nSPS) is 10.7. The predicted molar refractivity (Wildman–Crippen MR) is 149 cm³/mol. The van der Waals surface area contributed by atoms with E-state index in [4.69, 9.17) is 16.1 Å². The maximum absolute atomic E-state index is 8.44. The third kappa shape index (κ3) is 6.85. The molecule has 3 nitrogen and oxygen atoms in total. The standard InChI is InChI=1S/C27H18N.C5H8N2.Ir/c1-4-10-20(11-5-1)23-16-17-26-25(18-23)24(21-12-6-2-7-13-21)19-27(28-26)22-14-8-3-9-15-22;1-4(6)3-5(2)7;/h1-14,16-19H;3,6H,1-2H3;/q-1;-2;+3/b;4-3-;. The molecule has 0 radical (unpaired) electrons. The summed E-state index contributed by atoms with van der Waals surface area (Å²) in [6.45, 7) is 3.15. The van der Waals surface area contributed by atoms with E-state index in [-0.39, 0.29) is 25.8 Å². The van der Waals surface area contributed by atoms with E-state index >= 15 is 0 Å². The summed E-state index contributed by atoms with van der Waals surface area (Å²) in [6, 6.07) is 41.0. The number of rotatable bonds is 4. The van der Waals surface area contributed by atoms with Crippen LogP contribution < -0.4 is 0 Å². The van der Waals surface area contributed by atoms with Gasteiger partial charge in [0.25, 0.3) is 0 Å². The van der Waals surface area contributed by atoms with Crippen LogP contribution in [0.3, 0.4) is 0 Å². The second-order valence-electron chi connectivity index (χ2n) is 8.26. The number of nitrogens with one attached hydrogen (secondary N) is 1. The van der Waals surface area contributed by atoms with Gasteiger partial charge in [0.2, 0.25) is 0 Å². The molecule has 1 heterocycles. The van der Waals surface area contributed by atoms with Gasteiger partial charge < -0.3 is 11.1 Å². The van der Waals surface area contributed by atoms with Gasteiger partial charge in [-0.1, -0.05) is 86.6 Å². The molecule has 0 amide bonds. The van der Waals surface area contributed by atoms with Crippen LogP contribution >= 0.6 is 0 Å². The number of fused-ring (bicyclic) bond motifs is 1. The fourth-order valence-electron chi connectivity index (χ4n) is 3.90. The number of nitrogens with zero attached hydrogens (tertiary/aromatic N) is 2. The zero-order chi connectivity index (χ0) is 24.6. The van der Waals surface area contributed by atoms with Crippen molar-refractivity contribution in [1.29, 1.82) is 0 Å². The van der Waals surface area contributed by atoms with E-state index in [9.17, 15) is 0 Å². The van der Waals surface area contributed by atoms with Crippen molar-refractivity contribution < 1.29 is 20.1 Å². The van der Waals surface area contributed by atoms with E-state index in [1.807, 2.05) is 30.3 Å². The van der Waals surface area contributed by atoms with Crippen LogP contribution in [0.4, 0.5) is 0 Å². The second kappa shape index (κ2) is 12.7. The zero-order valence-electron chi connectivity index (χ0n) is 20.2. The quantitative estimate of drug-likeness (QED) is 0.142. The molecular formula is C32H26IrN3. The molecule has 0 atom stereocenters. The maximum atomic E-state index is 8.44. The molecule has 1 N–H and O–H groups in total. The molecule has 0 aliphatic heterocycles. The molecule has 4 aromatic carbocycles. The first kappa shape index (κ1) is 26.7. The van der Waals surface area contributed by atoms with E-state index < -0.39 is 0 Å². The van der Waals surface area contributed by atoms with Crippen molar-refractivity contribution in [1.82, 2.24) is 4.98 Å². The third-order valence-corrected chi connectivity index (χ3v) is 5.41. The van der Waals surface area contributed by atoms with Gasteiger partial charge in [-0.15, -0.1) is 42.0 Å². The molecule has 0 unspecified atom stereocenters. The first-order valence-electron chi connectivity index (χ1n) is 11.5. The predicted octanol–water partition coefficient (Wildman–Crippen LogP) is 9.01. The molecule has 0 bridgehead atoms. The molecule has 178 valence electrons. The van der Waals surface area contributed by atoms with Crippen LogP contribution in [0.1, 0.15) is 13.8 Å². The fraction of sp³-hybridized carbons (Fsp3) is 0.0625. The summed E-state index contributed by atoms with van der Waals surface area (Å²) in [4.78, 5) is 4.94. The van der Waals surface area contributed by atoms with Gasteiger partial charge in [0, 0.05) is 5.39 Å². The van der Waals surface area contributed by atoms with Gasteiger partial charge in [0.1, 0.15) is 0 Å².